The summed E-state index contributed by atoms with van der Waals surface area (Å²) in [6, 6.07) is 76.1. The average Bonchev–Trinajstić information content (AvgIpc) is 3.88. The van der Waals surface area contributed by atoms with Crippen LogP contribution in [-0.4, -0.2) is 29.1 Å². The lowest BCUT2D eigenvalue weighted by Gasteiger charge is -2.12. The molecule has 0 saturated carbocycles. The maximum absolute atomic E-state index is 5.26. The molecule has 0 amide bonds. The van der Waals surface area contributed by atoms with Crippen molar-refractivity contribution in [3.05, 3.63) is 218 Å². The van der Waals surface area contributed by atoms with E-state index < -0.39 is 0 Å². The molecule has 4 aromatic heterocycles. The summed E-state index contributed by atoms with van der Waals surface area (Å²) in [4.78, 5) is 20.7. The van der Waals surface area contributed by atoms with E-state index in [4.69, 9.17) is 19.9 Å². The number of rotatable bonds is 7. The van der Waals surface area contributed by atoms with Crippen molar-refractivity contribution in [3.8, 4) is 68.1 Å². The van der Waals surface area contributed by atoms with Crippen molar-refractivity contribution in [1.82, 2.24) is 29.1 Å². The minimum Gasteiger partial charge on any atom is -0.309 e. The van der Waals surface area contributed by atoms with E-state index in [1.807, 2.05) is 30.3 Å². The predicted molar refractivity (Wildman–Crippen MR) is 253 cm³/mol. The van der Waals surface area contributed by atoms with E-state index in [0.29, 0.717) is 17.6 Å². The highest BCUT2D eigenvalue weighted by molar-refractivity contribution is 6.28. The van der Waals surface area contributed by atoms with Crippen molar-refractivity contribution in [2.45, 2.75) is 0 Å². The van der Waals surface area contributed by atoms with Gasteiger partial charge in [0.2, 0.25) is 5.95 Å². The zero-order valence-electron chi connectivity index (χ0n) is 33.5. The zero-order chi connectivity index (χ0) is 41.0. The molecule has 62 heavy (non-hydrogen) atoms. The van der Waals surface area contributed by atoms with Crippen LogP contribution in [-0.2, 0) is 0 Å². The summed E-state index contributed by atoms with van der Waals surface area (Å²) in [5.74, 6) is 1.79. The fraction of sp³-hybridized carbons (Fsp3) is 0. The van der Waals surface area contributed by atoms with Crippen LogP contribution in [0, 0.1) is 0 Å². The Labute approximate surface area is 357 Å². The second-order valence-electron chi connectivity index (χ2n) is 15.5. The van der Waals surface area contributed by atoms with Gasteiger partial charge in [0.05, 0.1) is 33.5 Å². The highest BCUT2D eigenvalue weighted by Crippen LogP contribution is 2.42. The molecule has 0 fully saturated rings. The summed E-state index contributed by atoms with van der Waals surface area (Å²) in [6.45, 7) is 0. The van der Waals surface area contributed by atoms with E-state index in [1.165, 1.54) is 10.8 Å². The lowest BCUT2D eigenvalue weighted by Crippen LogP contribution is -2.06. The molecule has 0 N–H and O–H groups in total. The normalized spacial score (nSPS) is 11.5. The molecule has 0 unspecified atom stereocenters. The van der Waals surface area contributed by atoms with Crippen LogP contribution < -0.4 is 0 Å². The number of fused-ring (bicyclic) bond motifs is 7. The number of pyridine rings is 1. The van der Waals surface area contributed by atoms with Crippen LogP contribution in [0.15, 0.2) is 218 Å². The van der Waals surface area contributed by atoms with E-state index in [9.17, 15) is 0 Å². The molecule has 0 atom stereocenters. The molecule has 0 aliphatic rings. The minimum atomic E-state index is 0.563. The predicted octanol–water partition coefficient (Wildman–Crippen LogP) is 13.8. The summed E-state index contributed by atoms with van der Waals surface area (Å²) < 4.78 is 4.59. The van der Waals surface area contributed by atoms with Crippen molar-refractivity contribution in [3.63, 3.8) is 0 Å². The van der Waals surface area contributed by atoms with Gasteiger partial charge in [-0.1, -0.05) is 170 Å². The van der Waals surface area contributed by atoms with Crippen molar-refractivity contribution in [2.75, 3.05) is 0 Å². The Morgan fingerprint density at radius 2 is 0.726 bits per heavy atom. The van der Waals surface area contributed by atoms with Gasteiger partial charge >= 0.3 is 0 Å². The molecule has 0 radical (unpaired) electrons. The Morgan fingerprint density at radius 3 is 1.37 bits per heavy atom. The quantitative estimate of drug-likeness (QED) is 0.161. The van der Waals surface area contributed by atoms with E-state index in [0.717, 1.165) is 83.3 Å². The topological polar surface area (TPSA) is 61.4 Å². The first-order chi connectivity index (χ1) is 30.7. The van der Waals surface area contributed by atoms with Gasteiger partial charge in [-0.25, -0.2) is 9.97 Å². The second kappa shape index (κ2) is 14.7. The Hall–Kier alpha value is -8.48. The third-order valence-corrected chi connectivity index (χ3v) is 11.8. The Balaban J connectivity index is 1.06. The lowest BCUT2D eigenvalue weighted by molar-refractivity contribution is 0.953. The summed E-state index contributed by atoms with van der Waals surface area (Å²) in [7, 11) is 0. The van der Waals surface area contributed by atoms with E-state index in [1.54, 1.807) is 0 Å². The monoisotopic (exact) mass is 792 g/mol. The third kappa shape index (κ3) is 5.96. The molecule has 6 nitrogen and oxygen atoms in total. The van der Waals surface area contributed by atoms with Crippen LogP contribution in [0.3, 0.4) is 0 Å². The minimum absolute atomic E-state index is 0.563. The number of benzene rings is 8. The van der Waals surface area contributed by atoms with Crippen molar-refractivity contribution in [2.24, 2.45) is 0 Å². The first-order valence-corrected chi connectivity index (χ1v) is 20.8. The van der Waals surface area contributed by atoms with Gasteiger partial charge in [0.15, 0.2) is 11.6 Å². The SMILES string of the molecule is c1ccc(-c2ccc(-c3nc(-c4ccccc4)nc(-n4c5ccccc5c5c6c7ccccc7n(-c7cccc(-c8cccc(-c9ccccc9)n8)c7)c6ccc54)n3)cc2)cc1. The van der Waals surface area contributed by atoms with Gasteiger partial charge < -0.3 is 4.57 Å². The molecule has 0 saturated heterocycles. The zero-order valence-corrected chi connectivity index (χ0v) is 33.5. The van der Waals surface area contributed by atoms with Crippen LogP contribution in [0.5, 0.6) is 0 Å². The molecule has 12 aromatic rings. The molecule has 8 aromatic carbocycles. The van der Waals surface area contributed by atoms with Gasteiger partial charge in [-0.3, -0.25) is 4.57 Å². The second-order valence-corrected chi connectivity index (χ2v) is 15.5. The fourth-order valence-corrected chi connectivity index (χ4v) is 8.93. The van der Waals surface area contributed by atoms with Gasteiger partial charge in [0.1, 0.15) is 0 Å². The Morgan fingerprint density at radius 1 is 0.274 bits per heavy atom. The Kier molecular flexibility index (Phi) is 8.38. The summed E-state index contributed by atoms with van der Waals surface area (Å²) in [6.07, 6.45) is 0. The smallest absolute Gasteiger partial charge is 0.238 e. The molecule has 4 heterocycles. The Bertz CT molecular complexity index is 3610. The largest absolute Gasteiger partial charge is 0.309 e. The maximum Gasteiger partial charge on any atom is 0.238 e. The van der Waals surface area contributed by atoms with Crippen molar-refractivity contribution < 1.29 is 0 Å². The molecule has 12 rings (SSSR count). The number of nitrogens with zero attached hydrogens (tertiary/aromatic N) is 6. The van der Waals surface area contributed by atoms with Gasteiger partial charge in [-0.15, -0.1) is 0 Å². The standard InChI is InChI=1S/C56H36N6/c1-4-16-37(17-5-1)38-30-32-41(33-31-38)55-58-54(40-20-8-3-9-21-40)59-56(60-55)62-49-29-13-11-25-45(49)53-51(62)35-34-50-52(53)44-24-10-12-28-48(44)61(50)43-23-14-22-42(36-43)47-27-15-26-46(57-47)39-18-6-2-7-19-39/h1-36H. The average molecular weight is 793 g/mol. The molecule has 0 aliphatic carbocycles. The molecule has 0 spiro atoms. The van der Waals surface area contributed by atoms with Crippen molar-refractivity contribution >= 4 is 43.6 Å². The van der Waals surface area contributed by atoms with E-state index >= 15 is 0 Å². The molecule has 290 valence electrons. The summed E-state index contributed by atoms with van der Waals surface area (Å²) >= 11 is 0. The lowest BCUT2D eigenvalue weighted by atomic mass is 10.0. The third-order valence-electron chi connectivity index (χ3n) is 11.8. The van der Waals surface area contributed by atoms with E-state index in [-0.39, 0.29) is 0 Å². The number of hydrogen-bond donors (Lipinski definition) is 0. The maximum atomic E-state index is 5.26. The molecule has 0 aliphatic heterocycles. The number of aromatic nitrogens is 6. The van der Waals surface area contributed by atoms with Gasteiger partial charge in [-0.2, -0.15) is 9.97 Å². The first kappa shape index (κ1) is 35.5. The first-order valence-electron chi connectivity index (χ1n) is 20.8. The van der Waals surface area contributed by atoms with Gasteiger partial charge in [-0.05, 0) is 59.7 Å². The van der Waals surface area contributed by atoms with E-state index in [2.05, 4.69) is 197 Å². The van der Waals surface area contributed by atoms with Gasteiger partial charge in [0, 0.05) is 49.5 Å². The van der Waals surface area contributed by atoms with Crippen LogP contribution in [0.4, 0.5) is 0 Å². The van der Waals surface area contributed by atoms with Crippen molar-refractivity contribution in [1.29, 1.82) is 0 Å². The number of para-hydroxylation sites is 2. The van der Waals surface area contributed by atoms with Crippen LogP contribution in [0.1, 0.15) is 0 Å². The molecule has 6 heteroatoms. The van der Waals surface area contributed by atoms with Crippen LogP contribution in [0.2, 0.25) is 0 Å². The summed E-state index contributed by atoms with van der Waals surface area (Å²) in [5, 5.41) is 4.63. The highest BCUT2D eigenvalue weighted by atomic mass is 15.2. The molecule has 0 bridgehead atoms. The highest BCUT2D eigenvalue weighted by Gasteiger charge is 2.23. The molecular weight excluding hydrogens is 757 g/mol. The fourth-order valence-electron chi connectivity index (χ4n) is 8.93. The molecular formula is C56H36N6. The number of hydrogen-bond acceptors (Lipinski definition) is 4. The van der Waals surface area contributed by atoms with Gasteiger partial charge in [0.25, 0.3) is 0 Å². The summed E-state index contributed by atoms with van der Waals surface area (Å²) in [5.41, 5.74) is 13.5. The van der Waals surface area contributed by atoms with Crippen LogP contribution in [0.25, 0.3) is 112 Å². The van der Waals surface area contributed by atoms with Crippen LogP contribution >= 0.6 is 0 Å².